The van der Waals surface area contributed by atoms with E-state index in [0.29, 0.717) is 29.2 Å². The van der Waals surface area contributed by atoms with Gasteiger partial charge in [0.05, 0.1) is 35.2 Å². The minimum Gasteiger partial charge on any atom is -0.387 e. The number of hydrogen-bond donors (Lipinski definition) is 4. The van der Waals surface area contributed by atoms with Gasteiger partial charge in [-0.2, -0.15) is 0 Å². The maximum Gasteiger partial charge on any atom is 0.263 e. The lowest BCUT2D eigenvalue weighted by Gasteiger charge is -2.16. The van der Waals surface area contributed by atoms with Gasteiger partial charge < -0.3 is 20.9 Å². The van der Waals surface area contributed by atoms with Gasteiger partial charge in [0.1, 0.15) is 10.7 Å². The number of imidazole rings is 1. The molecular weight excluding hydrogens is 508 g/mol. The zero-order valence-corrected chi connectivity index (χ0v) is 22.4. The number of aromatic nitrogens is 3. The monoisotopic (exact) mass is 538 g/mol. The van der Waals surface area contributed by atoms with Crippen molar-refractivity contribution >= 4 is 39.6 Å². The Morgan fingerprint density at radius 3 is 2.59 bits per heavy atom. The standard InChI is InChI=1S/C30H30N6O2S/c1-31-24-11-5-4-10-23(24)29(37)33-15-7-6-12-25(36-30(38)27-18-32-19-39-27)28-34-17-26(35-28)22-14-13-20-8-2-3-9-21(20)16-22/h2-5,8-11,13-14,16-19,25,31H,6-7,12,15H2,1H3,(H,33,37)(H,34,35)(H,36,38). The second-order valence-corrected chi connectivity index (χ2v) is 10.1. The first-order valence-electron chi connectivity index (χ1n) is 12.9. The predicted octanol–water partition coefficient (Wildman–Crippen LogP) is 5.80. The van der Waals surface area contributed by atoms with E-state index in [-0.39, 0.29) is 17.9 Å². The van der Waals surface area contributed by atoms with Gasteiger partial charge in [-0.15, -0.1) is 11.3 Å². The molecule has 0 aliphatic rings. The number of carbonyl (C=O) groups is 2. The number of carbonyl (C=O) groups excluding carboxylic acids is 2. The molecule has 0 fully saturated rings. The minimum absolute atomic E-state index is 0.110. The molecule has 8 nitrogen and oxygen atoms in total. The highest BCUT2D eigenvalue weighted by Crippen LogP contribution is 2.26. The molecule has 0 saturated carbocycles. The van der Waals surface area contributed by atoms with Crippen LogP contribution in [0.15, 0.2) is 84.6 Å². The summed E-state index contributed by atoms with van der Waals surface area (Å²) in [5.41, 5.74) is 4.98. The first kappa shape index (κ1) is 26.1. The Hall–Kier alpha value is -4.50. The Morgan fingerprint density at radius 1 is 0.949 bits per heavy atom. The number of anilines is 1. The van der Waals surface area contributed by atoms with Crippen LogP contribution in [-0.4, -0.2) is 40.4 Å². The van der Waals surface area contributed by atoms with E-state index in [2.05, 4.69) is 61.2 Å². The largest absolute Gasteiger partial charge is 0.387 e. The van der Waals surface area contributed by atoms with Crippen LogP contribution in [0.2, 0.25) is 0 Å². The van der Waals surface area contributed by atoms with Crippen molar-refractivity contribution in [2.24, 2.45) is 0 Å². The van der Waals surface area contributed by atoms with Gasteiger partial charge in [0, 0.05) is 24.8 Å². The number of rotatable bonds is 11. The smallest absolute Gasteiger partial charge is 0.263 e. The van der Waals surface area contributed by atoms with Crippen molar-refractivity contribution in [1.82, 2.24) is 25.6 Å². The fourth-order valence-corrected chi connectivity index (χ4v) is 5.04. The summed E-state index contributed by atoms with van der Waals surface area (Å²) in [5, 5.41) is 11.5. The number of unbranched alkanes of at least 4 members (excludes halogenated alkanes) is 1. The van der Waals surface area contributed by atoms with Crippen molar-refractivity contribution in [3.8, 4) is 11.3 Å². The molecule has 0 saturated heterocycles. The Kier molecular flexibility index (Phi) is 8.28. The normalized spacial score (nSPS) is 11.7. The second kappa shape index (κ2) is 12.4. The minimum atomic E-state index is -0.311. The van der Waals surface area contributed by atoms with E-state index >= 15 is 0 Å². The molecule has 0 radical (unpaired) electrons. The van der Waals surface area contributed by atoms with Crippen LogP contribution in [0.25, 0.3) is 22.0 Å². The van der Waals surface area contributed by atoms with Crippen LogP contribution < -0.4 is 16.0 Å². The van der Waals surface area contributed by atoms with Gasteiger partial charge in [-0.25, -0.2) is 4.98 Å². The molecule has 2 heterocycles. The summed E-state index contributed by atoms with van der Waals surface area (Å²) in [5.74, 6) is 0.409. The van der Waals surface area contributed by atoms with Gasteiger partial charge in [-0.1, -0.05) is 48.5 Å². The number of H-pyrrole nitrogens is 1. The highest BCUT2D eigenvalue weighted by Gasteiger charge is 2.20. The SMILES string of the molecule is CNc1ccccc1C(=O)NCCCCC(NC(=O)c1cncs1)c1ncc(-c2ccc3ccccc3c2)[nH]1. The van der Waals surface area contributed by atoms with Crippen molar-refractivity contribution in [3.05, 3.63) is 101 Å². The number of thiazole rings is 1. The van der Waals surface area contributed by atoms with Crippen LogP contribution in [0.4, 0.5) is 5.69 Å². The predicted molar refractivity (Wildman–Crippen MR) is 156 cm³/mol. The molecule has 5 rings (SSSR count). The summed E-state index contributed by atoms with van der Waals surface area (Å²) in [7, 11) is 1.80. The lowest BCUT2D eigenvalue weighted by atomic mass is 10.1. The molecule has 0 aliphatic heterocycles. The molecule has 39 heavy (non-hydrogen) atoms. The van der Waals surface area contributed by atoms with Crippen LogP contribution in [0.1, 0.15) is 51.2 Å². The molecule has 1 atom stereocenters. The number of benzene rings is 3. The van der Waals surface area contributed by atoms with E-state index in [1.54, 1.807) is 24.8 Å². The van der Waals surface area contributed by atoms with Gasteiger partial charge in [0.15, 0.2) is 0 Å². The second-order valence-electron chi connectivity index (χ2n) is 9.18. The number of fused-ring (bicyclic) bond motifs is 1. The molecule has 0 bridgehead atoms. The van der Waals surface area contributed by atoms with Gasteiger partial charge in [-0.05, 0) is 48.2 Å². The molecule has 0 spiro atoms. The summed E-state index contributed by atoms with van der Waals surface area (Å²) in [4.78, 5) is 38.1. The van der Waals surface area contributed by atoms with Crippen molar-refractivity contribution in [1.29, 1.82) is 0 Å². The van der Waals surface area contributed by atoms with Crippen LogP contribution >= 0.6 is 11.3 Å². The highest BCUT2D eigenvalue weighted by molar-refractivity contribution is 7.11. The Balaban J connectivity index is 1.24. The van der Waals surface area contributed by atoms with Crippen molar-refractivity contribution in [3.63, 3.8) is 0 Å². The number of amides is 2. The number of aromatic amines is 1. The lowest BCUT2D eigenvalue weighted by molar-refractivity contribution is 0.0935. The zero-order valence-electron chi connectivity index (χ0n) is 21.6. The number of para-hydroxylation sites is 1. The molecule has 2 aromatic heterocycles. The quantitative estimate of drug-likeness (QED) is 0.159. The molecule has 3 aromatic carbocycles. The topological polar surface area (TPSA) is 112 Å². The maximum atomic E-state index is 12.9. The summed E-state index contributed by atoms with van der Waals surface area (Å²) < 4.78 is 0. The molecule has 9 heteroatoms. The third-order valence-electron chi connectivity index (χ3n) is 6.59. The van der Waals surface area contributed by atoms with Crippen LogP contribution in [0, 0.1) is 0 Å². The maximum absolute atomic E-state index is 12.9. The van der Waals surface area contributed by atoms with Crippen LogP contribution in [-0.2, 0) is 0 Å². The fourth-order valence-electron chi connectivity index (χ4n) is 4.52. The zero-order chi connectivity index (χ0) is 27.0. The Bertz CT molecular complexity index is 1560. The van der Waals surface area contributed by atoms with E-state index < -0.39 is 0 Å². The Labute approximate surface area is 230 Å². The molecule has 0 aliphatic carbocycles. The van der Waals surface area contributed by atoms with E-state index in [1.807, 2.05) is 36.5 Å². The summed E-state index contributed by atoms with van der Waals surface area (Å²) in [6.07, 6.45) is 5.59. The molecule has 2 amide bonds. The first-order valence-corrected chi connectivity index (χ1v) is 13.8. The number of nitrogens with one attached hydrogen (secondary N) is 4. The molecule has 5 aromatic rings. The average Bonchev–Trinajstić information content (AvgIpc) is 3.69. The van der Waals surface area contributed by atoms with Gasteiger partial charge in [0.2, 0.25) is 0 Å². The van der Waals surface area contributed by atoms with Gasteiger partial charge in [0.25, 0.3) is 11.8 Å². The van der Waals surface area contributed by atoms with E-state index in [0.717, 1.165) is 35.2 Å². The van der Waals surface area contributed by atoms with Crippen molar-refractivity contribution in [2.45, 2.75) is 25.3 Å². The fraction of sp³-hybridized carbons (Fsp3) is 0.200. The van der Waals surface area contributed by atoms with Gasteiger partial charge in [-0.3, -0.25) is 14.6 Å². The Morgan fingerprint density at radius 2 is 1.77 bits per heavy atom. The van der Waals surface area contributed by atoms with Crippen LogP contribution in [0.3, 0.4) is 0 Å². The van der Waals surface area contributed by atoms with Crippen molar-refractivity contribution in [2.75, 3.05) is 18.9 Å². The molecule has 4 N–H and O–H groups in total. The van der Waals surface area contributed by atoms with E-state index in [4.69, 9.17) is 0 Å². The van der Waals surface area contributed by atoms with Crippen molar-refractivity contribution < 1.29 is 9.59 Å². The van der Waals surface area contributed by atoms with Crippen LogP contribution in [0.5, 0.6) is 0 Å². The lowest BCUT2D eigenvalue weighted by Crippen LogP contribution is -2.29. The van der Waals surface area contributed by atoms with E-state index in [1.165, 1.54) is 16.7 Å². The highest BCUT2D eigenvalue weighted by atomic mass is 32.1. The van der Waals surface area contributed by atoms with E-state index in [9.17, 15) is 9.59 Å². The summed E-state index contributed by atoms with van der Waals surface area (Å²) in [6.45, 7) is 0.535. The molecule has 198 valence electrons. The number of hydrogen-bond acceptors (Lipinski definition) is 6. The summed E-state index contributed by atoms with van der Waals surface area (Å²) >= 11 is 1.30. The number of nitrogens with zero attached hydrogens (tertiary/aromatic N) is 2. The molecule has 1 unspecified atom stereocenters. The molecular formula is C30H30N6O2S. The third kappa shape index (κ3) is 6.32. The summed E-state index contributed by atoms with van der Waals surface area (Å²) in [6, 6.07) is 21.6. The average molecular weight is 539 g/mol. The third-order valence-corrected chi connectivity index (χ3v) is 7.37. The van der Waals surface area contributed by atoms with Gasteiger partial charge >= 0.3 is 0 Å². The first-order chi connectivity index (χ1) is 19.1.